The van der Waals surface area contributed by atoms with Crippen molar-refractivity contribution in [2.75, 3.05) is 26.2 Å². The number of carbonyl (C=O) groups is 1. The number of piperazine rings is 1. The summed E-state index contributed by atoms with van der Waals surface area (Å²) in [7, 11) is -3.37. The number of aryl methyl sites for hydroxylation is 2. The summed E-state index contributed by atoms with van der Waals surface area (Å²) in [6.07, 6.45) is 0. The molecular formula is C20H24N2O3S. The lowest BCUT2D eigenvalue weighted by atomic mass is 10.0. The third kappa shape index (κ3) is 4.14. The molecule has 0 aliphatic carbocycles. The highest BCUT2D eigenvalue weighted by molar-refractivity contribution is 7.88. The summed E-state index contributed by atoms with van der Waals surface area (Å²) < 4.78 is 26.7. The first-order valence-electron chi connectivity index (χ1n) is 8.75. The molecule has 0 N–H and O–H groups in total. The first-order chi connectivity index (χ1) is 12.4. The minimum absolute atomic E-state index is 0.00113. The van der Waals surface area contributed by atoms with Gasteiger partial charge in [-0.15, -0.1) is 0 Å². The molecule has 1 aliphatic rings. The van der Waals surface area contributed by atoms with Crippen molar-refractivity contribution in [3.63, 3.8) is 0 Å². The van der Waals surface area contributed by atoms with Crippen molar-refractivity contribution < 1.29 is 13.2 Å². The van der Waals surface area contributed by atoms with Crippen LogP contribution in [0.4, 0.5) is 0 Å². The number of rotatable bonds is 4. The Hall–Kier alpha value is -2.18. The SMILES string of the molecule is Cc1ccc(C(=O)N2CCN(S(=O)(=O)Cc3ccccc3)CC2)c(C)c1. The summed E-state index contributed by atoms with van der Waals surface area (Å²) in [5.41, 5.74) is 3.54. The molecular weight excluding hydrogens is 348 g/mol. The Labute approximate surface area is 155 Å². The number of hydrogen-bond donors (Lipinski definition) is 0. The van der Waals surface area contributed by atoms with Crippen LogP contribution in [0.5, 0.6) is 0 Å². The molecule has 0 aromatic heterocycles. The van der Waals surface area contributed by atoms with Crippen LogP contribution in [-0.4, -0.2) is 49.7 Å². The maximum Gasteiger partial charge on any atom is 0.254 e. The fourth-order valence-corrected chi connectivity index (χ4v) is 4.79. The molecule has 5 nitrogen and oxygen atoms in total. The van der Waals surface area contributed by atoms with Crippen molar-refractivity contribution in [2.45, 2.75) is 19.6 Å². The van der Waals surface area contributed by atoms with E-state index >= 15 is 0 Å². The molecule has 0 atom stereocenters. The summed E-state index contributed by atoms with van der Waals surface area (Å²) in [6.45, 7) is 5.44. The van der Waals surface area contributed by atoms with Crippen LogP contribution in [-0.2, 0) is 15.8 Å². The van der Waals surface area contributed by atoms with Crippen LogP contribution in [0.3, 0.4) is 0 Å². The average molecular weight is 372 g/mol. The maximum atomic E-state index is 12.7. The quantitative estimate of drug-likeness (QED) is 0.829. The van der Waals surface area contributed by atoms with Gasteiger partial charge in [-0.1, -0.05) is 48.0 Å². The Morgan fingerprint density at radius 1 is 0.962 bits per heavy atom. The molecule has 26 heavy (non-hydrogen) atoms. The third-order valence-electron chi connectivity index (χ3n) is 4.72. The molecule has 3 rings (SSSR count). The van der Waals surface area contributed by atoms with Crippen LogP contribution in [0.15, 0.2) is 48.5 Å². The van der Waals surface area contributed by atoms with Crippen molar-refractivity contribution in [3.8, 4) is 0 Å². The topological polar surface area (TPSA) is 57.7 Å². The van der Waals surface area contributed by atoms with Crippen molar-refractivity contribution in [1.29, 1.82) is 0 Å². The summed E-state index contributed by atoms with van der Waals surface area (Å²) in [5, 5.41) is 0. The van der Waals surface area contributed by atoms with Gasteiger partial charge >= 0.3 is 0 Å². The lowest BCUT2D eigenvalue weighted by molar-refractivity contribution is 0.0697. The monoisotopic (exact) mass is 372 g/mol. The van der Waals surface area contributed by atoms with Crippen LogP contribution in [0.25, 0.3) is 0 Å². The molecule has 0 saturated carbocycles. The number of carbonyl (C=O) groups excluding carboxylic acids is 1. The van der Waals surface area contributed by atoms with Gasteiger partial charge in [0.05, 0.1) is 5.75 Å². The smallest absolute Gasteiger partial charge is 0.254 e. The van der Waals surface area contributed by atoms with E-state index < -0.39 is 10.0 Å². The number of nitrogens with zero attached hydrogens (tertiary/aromatic N) is 2. The normalized spacial score (nSPS) is 15.8. The lowest BCUT2D eigenvalue weighted by Crippen LogP contribution is -2.50. The molecule has 1 fully saturated rings. The van der Waals surface area contributed by atoms with Gasteiger partial charge in [-0.25, -0.2) is 8.42 Å². The van der Waals surface area contributed by atoms with E-state index in [9.17, 15) is 13.2 Å². The summed E-state index contributed by atoms with van der Waals surface area (Å²) >= 11 is 0. The second-order valence-corrected chi connectivity index (χ2v) is 8.72. The molecule has 0 spiro atoms. The lowest BCUT2D eigenvalue weighted by Gasteiger charge is -2.34. The van der Waals surface area contributed by atoms with Crippen LogP contribution < -0.4 is 0 Å². The van der Waals surface area contributed by atoms with E-state index in [4.69, 9.17) is 0 Å². The molecule has 0 bridgehead atoms. The van der Waals surface area contributed by atoms with Gasteiger partial charge in [0.25, 0.3) is 5.91 Å². The fourth-order valence-electron chi connectivity index (χ4n) is 3.27. The molecule has 1 heterocycles. The molecule has 2 aromatic carbocycles. The van der Waals surface area contributed by atoms with Gasteiger partial charge in [-0.3, -0.25) is 4.79 Å². The highest BCUT2D eigenvalue weighted by Gasteiger charge is 2.29. The molecule has 1 saturated heterocycles. The van der Waals surface area contributed by atoms with E-state index in [1.807, 2.05) is 62.4 Å². The predicted octanol–water partition coefficient (Wildman–Crippen LogP) is 2.59. The number of sulfonamides is 1. The van der Waals surface area contributed by atoms with Gasteiger partial charge in [0, 0.05) is 31.7 Å². The highest BCUT2D eigenvalue weighted by Crippen LogP contribution is 2.17. The van der Waals surface area contributed by atoms with Gasteiger partial charge in [0.2, 0.25) is 10.0 Å². The van der Waals surface area contributed by atoms with E-state index in [1.54, 1.807) is 4.90 Å². The second kappa shape index (κ2) is 7.60. The van der Waals surface area contributed by atoms with Gasteiger partial charge in [0.1, 0.15) is 0 Å². The molecule has 0 unspecified atom stereocenters. The highest BCUT2D eigenvalue weighted by atomic mass is 32.2. The maximum absolute atomic E-state index is 12.7. The van der Waals surface area contributed by atoms with Crippen LogP contribution in [0, 0.1) is 13.8 Å². The Kier molecular flexibility index (Phi) is 5.44. The Morgan fingerprint density at radius 2 is 1.62 bits per heavy atom. The van der Waals surface area contributed by atoms with Gasteiger partial charge in [0.15, 0.2) is 0 Å². The van der Waals surface area contributed by atoms with Crippen molar-refractivity contribution in [1.82, 2.24) is 9.21 Å². The fraction of sp³-hybridized carbons (Fsp3) is 0.350. The molecule has 6 heteroatoms. The summed E-state index contributed by atoms with van der Waals surface area (Å²) in [4.78, 5) is 14.5. The first kappa shape index (κ1) is 18.6. The largest absolute Gasteiger partial charge is 0.336 e. The van der Waals surface area contributed by atoms with Crippen molar-refractivity contribution in [3.05, 3.63) is 70.8 Å². The molecule has 1 aliphatic heterocycles. The number of hydrogen-bond acceptors (Lipinski definition) is 3. The van der Waals surface area contributed by atoms with Crippen molar-refractivity contribution in [2.24, 2.45) is 0 Å². The Bertz CT molecular complexity index is 887. The van der Waals surface area contributed by atoms with E-state index in [0.717, 1.165) is 16.7 Å². The molecule has 0 radical (unpaired) electrons. The second-order valence-electron chi connectivity index (χ2n) is 6.75. The molecule has 138 valence electrons. The van der Waals surface area contributed by atoms with E-state index in [0.29, 0.717) is 31.7 Å². The number of benzene rings is 2. The zero-order valence-corrected chi connectivity index (χ0v) is 16.0. The summed E-state index contributed by atoms with van der Waals surface area (Å²) in [5.74, 6) is -0.0265. The zero-order chi connectivity index (χ0) is 18.7. The molecule has 2 aromatic rings. The molecule has 1 amide bonds. The minimum atomic E-state index is -3.37. The Balaban J connectivity index is 1.64. The van der Waals surface area contributed by atoms with Gasteiger partial charge in [-0.2, -0.15) is 4.31 Å². The first-order valence-corrected chi connectivity index (χ1v) is 10.4. The standard InChI is InChI=1S/C20H24N2O3S/c1-16-8-9-19(17(2)14-16)20(23)21-10-12-22(13-11-21)26(24,25)15-18-6-4-3-5-7-18/h3-9,14H,10-13,15H2,1-2H3. The van der Waals surface area contributed by atoms with Gasteiger partial charge < -0.3 is 4.90 Å². The number of amides is 1. The summed E-state index contributed by atoms with van der Waals surface area (Å²) in [6, 6.07) is 15.0. The predicted molar refractivity (Wildman–Crippen MR) is 102 cm³/mol. The van der Waals surface area contributed by atoms with Crippen molar-refractivity contribution >= 4 is 15.9 Å². The van der Waals surface area contributed by atoms with E-state index in [1.165, 1.54) is 4.31 Å². The van der Waals surface area contributed by atoms with Crippen LogP contribution >= 0.6 is 0 Å². The minimum Gasteiger partial charge on any atom is -0.336 e. The van der Waals surface area contributed by atoms with E-state index in [2.05, 4.69) is 0 Å². The van der Waals surface area contributed by atoms with Crippen LogP contribution in [0.2, 0.25) is 0 Å². The van der Waals surface area contributed by atoms with E-state index in [-0.39, 0.29) is 11.7 Å². The van der Waals surface area contributed by atoms with Crippen LogP contribution in [0.1, 0.15) is 27.0 Å². The average Bonchev–Trinajstić information content (AvgIpc) is 2.62. The van der Waals surface area contributed by atoms with Gasteiger partial charge in [-0.05, 0) is 31.0 Å². The zero-order valence-electron chi connectivity index (χ0n) is 15.2. The third-order valence-corrected chi connectivity index (χ3v) is 6.57. The Morgan fingerprint density at radius 3 is 2.23 bits per heavy atom.